The second kappa shape index (κ2) is 7.99. The molecule has 1 aliphatic heterocycles. The van der Waals surface area contributed by atoms with Crippen molar-refractivity contribution in [3.05, 3.63) is 66.2 Å². The Kier molecular flexibility index (Phi) is 5.39. The van der Waals surface area contributed by atoms with Crippen LogP contribution in [0.15, 0.2) is 65.6 Å². The molecule has 3 aromatic rings. The number of methoxy groups -OCH3 is 1. The molecule has 3 aromatic carbocycles. The summed E-state index contributed by atoms with van der Waals surface area (Å²) >= 11 is 0. The van der Waals surface area contributed by atoms with Crippen LogP contribution in [0.2, 0.25) is 0 Å². The molecule has 0 bridgehead atoms. The van der Waals surface area contributed by atoms with Crippen molar-refractivity contribution < 1.29 is 17.9 Å². The van der Waals surface area contributed by atoms with Crippen LogP contribution in [0.1, 0.15) is 31.4 Å². The Morgan fingerprint density at radius 3 is 2.47 bits per heavy atom. The lowest BCUT2D eigenvalue weighted by molar-refractivity contribution is -0.121. The quantitative estimate of drug-likeness (QED) is 0.622. The summed E-state index contributed by atoms with van der Waals surface area (Å²) in [6.07, 6.45) is 0.684. The van der Waals surface area contributed by atoms with Crippen molar-refractivity contribution in [2.75, 3.05) is 18.0 Å². The molecule has 0 saturated heterocycles. The van der Waals surface area contributed by atoms with Gasteiger partial charge in [-0.25, -0.2) is 8.42 Å². The van der Waals surface area contributed by atoms with E-state index in [9.17, 15) is 13.2 Å². The highest BCUT2D eigenvalue weighted by molar-refractivity contribution is 7.93. The van der Waals surface area contributed by atoms with Crippen molar-refractivity contribution in [3.63, 3.8) is 0 Å². The maximum atomic E-state index is 13.0. The lowest BCUT2D eigenvalue weighted by Gasteiger charge is -2.19. The van der Waals surface area contributed by atoms with Crippen molar-refractivity contribution in [1.29, 1.82) is 0 Å². The number of rotatable bonds is 7. The van der Waals surface area contributed by atoms with Crippen LogP contribution in [0.5, 0.6) is 5.75 Å². The van der Waals surface area contributed by atoms with Crippen molar-refractivity contribution in [3.8, 4) is 5.75 Å². The van der Waals surface area contributed by atoms with E-state index in [4.69, 9.17) is 4.74 Å². The number of amides is 1. The molecule has 1 amide bonds. The number of hydrogen-bond acceptors (Lipinski definition) is 4. The Morgan fingerprint density at radius 2 is 1.77 bits per heavy atom. The van der Waals surface area contributed by atoms with Gasteiger partial charge in [-0.3, -0.25) is 9.10 Å². The molecule has 4 rings (SSSR count). The molecule has 0 spiro atoms. The molecule has 0 aromatic heterocycles. The number of hydrogen-bond donors (Lipinski definition) is 1. The fourth-order valence-corrected chi connectivity index (χ4v) is 5.62. The van der Waals surface area contributed by atoms with E-state index in [2.05, 4.69) is 5.32 Å². The van der Waals surface area contributed by atoms with E-state index in [-0.39, 0.29) is 24.9 Å². The average molecular weight is 425 g/mol. The second-order valence-electron chi connectivity index (χ2n) is 7.37. The van der Waals surface area contributed by atoms with Gasteiger partial charge in [-0.2, -0.15) is 0 Å². The summed E-state index contributed by atoms with van der Waals surface area (Å²) in [5.74, 6) is 0.658. The predicted octanol–water partition coefficient (Wildman–Crippen LogP) is 4.01. The maximum Gasteiger partial charge on any atom is 0.265 e. The zero-order valence-electron chi connectivity index (χ0n) is 17.0. The van der Waals surface area contributed by atoms with Crippen molar-refractivity contribution >= 4 is 32.4 Å². The molecule has 0 saturated carbocycles. The fraction of sp³-hybridized carbons (Fsp3) is 0.261. The largest absolute Gasteiger partial charge is 0.497 e. The first-order valence-corrected chi connectivity index (χ1v) is 11.3. The highest BCUT2D eigenvalue weighted by atomic mass is 32.2. The van der Waals surface area contributed by atoms with Gasteiger partial charge in [-0.05, 0) is 48.6 Å². The van der Waals surface area contributed by atoms with Gasteiger partial charge in [0, 0.05) is 18.4 Å². The SMILES string of the molecule is COc1ccc(C(C)NC(=O)CCCN2c3cccc4cccc(c34)S2(=O)=O)cc1. The molecule has 0 fully saturated rings. The van der Waals surface area contributed by atoms with Crippen LogP contribution in [0.25, 0.3) is 10.8 Å². The van der Waals surface area contributed by atoms with Gasteiger partial charge in [-0.15, -0.1) is 0 Å². The van der Waals surface area contributed by atoms with Gasteiger partial charge in [0.15, 0.2) is 0 Å². The molecule has 1 heterocycles. The Morgan fingerprint density at radius 1 is 1.07 bits per heavy atom. The van der Waals surface area contributed by atoms with E-state index < -0.39 is 10.0 Å². The fourth-order valence-electron chi connectivity index (χ4n) is 3.87. The lowest BCUT2D eigenvalue weighted by Crippen LogP contribution is -2.30. The van der Waals surface area contributed by atoms with Gasteiger partial charge in [0.2, 0.25) is 5.91 Å². The van der Waals surface area contributed by atoms with Crippen LogP contribution in [-0.4, -0.2) is 28.0 Å². The predicted molar refractivity (Wildman–Crippen MR) is 117 cm³/mol. The summed E-state index contributed by atoms with van der Waals surface area (Å²) in [5.41, 5.74) is 1.67. The minimum Gasteiger partial charge on any atom is -0.497 e. The number of carbonyl (C=O) groups is 1. The maximum absolute atomic E-state index is 13.0. The molecular weight excluding hydrogens is 400 g/mol. The third kappa shape index (κ3) is 3.61. The zero-order chi connectivity index (χ0) is 21.3. The van der Waals surface area contributed by atoms with Crippen LogP contribution in [0, 0.1) is 0 Å². The van der Waals surface area contributed by atoms with E-state index in [1.165, 1.54) is 4.31 Å². The minimum atomic E-state index is -3.58. The van der Waals surface area contributed by atoms with Crippen LogP contribution >= 0.6 is 0 Å². The van der Waals surface area contributed by atoms with Crippen molar-refractivity contribution in [1.82, 2.24) is 5.32 Å². The number of nitrogens with zero attached hydrogens (tertiary/aromatic N) is 1. The molecule has 0 aliphatic carbocycles. The molecule has 7 heteroatoms. The molecule has 0 radical (unpaired) electrons. The van der Waals surface area contributed by atoms with Gasteiger partial charge in [-0.1, -0.05) is 36.4 Å². The lowest BCUT2D eigenvalue weighted by atomic mass is 10.1. The first kappa shape index (κ1) is 20.2. The molecule has 6 nitrogen and oxygen atoms in total. The summed E-state index contributed by atoms with van der Waals surface area (Å²) in [5, 5.41) is 4.64. The molecule has 1 unspecified atom stereocenters. The van der Waals surface area contributed by atoms with E-state index in [0.717, 1.165) is 22.1 Å². The molecule has 1 aliphatic rings. The van der Waals surface area contributed by atoms with Crippen LogP contribution < -0.4 is 14.4 Å². The smallest absolute Gasteiger partial charge is 0.265 e. The third-order valence-electron chi connectivity index (χ3n) is 5.44. The molecule has 30 heavy (non-hydrogen) atoms. The van der Waals surface area contributed by atoms with Crippen LogP contribution in [0.3, 0.4) is 0 Å². The van der Waals surface area contributed by atoms with Gasteiger partial charge in [0.25, 0.3) is 10.0 Å². The Bertz CT molecular complexity index is 1180. The number of carbonyl (C=O) groups excluding carboxylic acids is 1. The summed E-state index contributed by atoms with van der Waals surface area (Å²) in [7, 11) is -1.97. The molecule has 156 valence electrons. The third-order valence-corrected chi connectivity index (χ3v) is 7.30. The average Bonchev–Trinajstić information content (AvgIpc) is 2.97. The Labute approximate surface area is 176 Å². The number of sulfonamides is 1. The van der Waals surface area contributed by atoms with Gasteiger partial charge in [0.1, 0.15) is 5.75 Å². The van der Waals surface area contributed by atoms with Gasteiger partial charge in [0.05, 0.1) is 23.7 Å². The monoisotopic (exact) mass is 424 g/mol. The van der Waals surface area contributed by atoms with Crippen molar-refractivity contribution in [2.45, 2.75) is 30.7 Å². The standard InChI is InChI=1S/C23H24N2O4S/c1-16(17-11-13-19(29-2)14-12-17)24-22(26)10-5-15-25-20-8-3-6-18-7-4-9-21(23(18)20)30(25,27)28/h3-4,6-9,11-14,16H,5,10,15H2,1-2H3,(H,24,26). The second-order valence-corrected chi connectivity index (χ2v) is 9.21. The van der Waals surface area contributed by atoms with Crippen LogP contribution in [0.4, 0.5) is 5.69 Å². The molecule has 1 atom stereocenters. The summed E-state index contributed by atoms with van der Waals surface area (Å²) in [4.78, 5) is 12.7. The number of anilines is 1. The van der Waals surface area contributed by atoms with E-state index in [1.807, 2.05) is 55.5 Å². The minimum absolute atomic E-state index is 0.106. The van der Waals surface area contributed by atoms with E-state index in [0.29, 0.717) is 17.0 Å². The molecule has 1 N–H and O–H groups in total. The Hall–Kier alpha value is -3.06. The summed E-state index contributed by atoms with van der Waals surface area (Å²) in [6, 6.07) is 18.3. The zero-order valence-corrected chi connectivity index (χ0v) is 17.8. The normalized spacial score (nSPS) is 15.2. The molecular formula is C23H24N2O4S. The number of benzene rings is 3. The van der Waals surface area contributed by atoms with Crippen LogP contribution in [-0.2, 0) is 14.8 Å². The summed E-state index contributed by atoms with van der Waals surface area (Å²) in [6.45, 7) is 2.18. The highest BCUT2D eigenvalue weighted by Gasteiger charge is 2.35. The van der Waals surface area contributed by atoms with E-state index in [1.54, 1.807) is 19.2 Å². The van der Waals surface area contributed by atoms with Gasteiger partial charge >= 0.3 is 0 Å². The Balaban J connectivity index is 1.38. The summed E-state index contributed by atoms with van der Waals surface area (Å²) < 4.78 is 32.5. The first-order valence-electron chi connectivity index (χ1n) is 9.89. The topological polar surface area (TPSA) is 75.7 Å². The highest BCUT2D eigenvalue weighted by Crippen LogP contribution is 2.41. The van der Waals surface area contributed by atoms with E-state index >= 15 is 0 Å². The number of nitrogens with one attached hydrogen (secondary N) is 1. The number of ether oxygens (including phenoxy) is 1. The van der Waals surface area contributed by atoms with Crippen molar-refractivity contribution in [2.24, 2.45) is 0 Å². The first-order chi connectivity index (χ1) is 14.4. The van der Waals surface area contributed by atoms with Gasteiger partial charge < -0.3 is 10.1 Å².